The Kier molecular flexibility index (Phi) is 6.14. The Morgan fingerprint density at radius 3 is 2.32 bits per heavy atom. The molecule has 2 heterocycles. The Bertz CT molecular complexity index is 1830. The standard InChI is InChI=1S/C34H28BrNS/c1-5-25(35)15-18-27-23(4)36(26-16-12-21(2)13-17-26)32-19-14-24(20-31(27)32)28-9-7-11-30-29-10-6-8-22(3)33(29)37-34(28)30/h5-20,25H,1H2,2-4H3. The van der Waals surface area contributed by atoms with Crippen molar-refractivity contribution in [2.24, 2.45) is 0 Å². The SMILES string of the molecule is C=CC(Br)C=Cc1c(C)n(-c2ccc(C)cc2)c2ccc(-c3cccc4c3sc3c(C)cccc34)cc12. The first-order chi connectivity index (χ1) is 18.0. The Balaban J connectivity index is 1.61. The second-order valence-corrected chi connectivity index (χ2v) is 11.8. The zero-order valence-corrected chi connectivity index (χ0v) is 23.7. The van der Waals surface area contributed by atoms with Crippen LogP contribution >= 0.6 is 27.3 Å². The van der Waals surface area contributed by atoms with Crippen LogP contribution in [0.5, 0.6) is 0 Å². The molecule has 4 aromatic carbocycles. The first-order valence-electron chi connectivity index (χ1n) is 12.5. The van der Waals surface area contributed by atoms with Crippen molar-refractivity contribution < 1.29 is 0 Å². The molecule has 0 amide bonds. The highest BCUT2D eigenvalue weighted by Crippen LogP contribution is 2.42. The summed E-state index contributed by atoms with van der Waals surface area (Å²) in [6.45, 7) is 10.5. The van der Waals surface area contributed by atoms with Crippen LogP contribution in [0.25, 0.3) is 54.0 Å². The van der Waals surface area contributed by atoms with E-state index >= 15 is 0 Å². The second-order valence-electron chi connectivity index (χ2n) is 9.68. The molecule has 1 nitrogen and oxygen atoms in total. The number of allylic oxidation sites excluding steroid dienone is 2. The van der Waals surface area contributed by atoms with E-state index in [1.54, 1.807) is 0 Å². The van der Waals surface area contributed by atoms with Gasteiger partial charge in [0.25, 0.3) is 0 Å². The Hall–Kier alpha value is -3.40. The quantitative estimate of drug-likeness (QED) is 0.146. The fourth-order valence-corrected chi connectivity index (χ4v) is 6.76. The van der Waals surface area contributed by atoms with Crippen LogP contribution in [0.1, 0.15) is 22.4 Å². The number of fused-ring (bicyclic) bond motifs is 4. The Morgan fingerprint density at radius 1 is 0.838 bits per heavy atom. The van der Waals surface area contributed by atoms with Crippen LogP contribution in [-0.4, -0.2) is 9.39 Å². The molecule has 1 unspecified atom stereocenters. The zero-order chi connectivity index (χ0) is 25.7. The molecular formula is C34H28BrNS. The van der Waals surface area contributed by atoms with Gasteiger partial charge in [-0.05, 0) is 61.7 Å². The molecule has 0 aliphatic carbocycles. The highest BCUT2D eigenvalue weighted by Gasteiger charge is 2.17. The lowest BCUT2D eigenvalue weighted by Gasteiger charge is -2.10. The lowest BCUT2D eigenvalue weighted by molar-refractivity contribution is 1.05. The maximum Gasteiger partial charge on any atom is 0.0538 e. The van der Waals surface area contributed by atoms with Crippen molar-refractivity contribution in [1.82, 2.24) is 4.57 Å². The minimum absolute atomic E-state index is 0.128. The van der Waals surface area contributed by atoms with Crippen molar-refractivity contribution in [2.45, 2.75) is 25.6 Å². The Labute approximate surface area is 230 Å². The number of halogens is 1. The third-order valence-electron chi connectivity index (χ3n) is 7.25. The van der Waals surface area contributed by atoms with Crippen LogP contribution in [0.3, 0.4) is 0 Å². The molecule has 1 atom stereocenters. The van der Waals surface area contributed by atoms with Gasteiger partial charge in [0.05, 0.1) is 10.3 Å². The third-order valence-corrected chi connectivity index (χ3v) is 9.32. The van der Waals surface area contributed by atoms with Crippen molar-refractivity contribution in [3.8, 4) is 16.8 Å². The number of aromatic nitrogens is 1. The monoisotopic (exact) mass is 561 g/mol. The van der Waals surface area contributed by atoms with E-state index in [2.05, 4.69) is 139 Å². The van der Waals surface area contributed by atoms with E-state index in [1.807, 2.05) is 17.4 Å². The van der Waals surface area contributed by atoms with Gasteiger partial charge in [-0.1, -0.05) is 94.3 Å². The predicted molar refractivity (Wildman–Crippen MR) is 168 cm³/mol. The summed E-state index contributed by atoms with van der Waals surface area (Å²) in [6.07, 6.45) is 6.30. The van der Waals surface area contributed by atoms with Gasteiger partial charge < -0.3 is 4.57 Å². The van der Waals surface area contributed by atoms with E-state index in [-0.39, 0.29) is 4.83 Å². The molecular weight excluding hydrogens is 534 g/mol. The first-order valence-corrected chi connectivity index (χ1v) is 14.3. The molecule has 37 heavy (non-hydrogen) atoms. The molecule has 0 aliphatic rings. The molecule has 0 fully saturated rings. The third kappa shape index (κ3) is 4.07. The summed E-state index contributed by atoms with van der Waals surface area (Å²) in [4.78, 5) is 0.128. The van der Waals surface area contributed by atoms with Gasteiger partial charge in [0, 0.05) is 42.5 Å². The van der Waals surface area contributed by atoms with Gasteiger partial charge in [-0.2, -0.15) is 0 Å². The van der Waals surface area contributed by atoms with Crippen LogP contribution in [0, 0.1) is 20.8 Å². The van der Waals surface area contributed by atoms with E-state index in [1.165, 1.54) is 70.3 Å². The summed E-state index contributed by atoms with van der Waals surface area (Å²) in [5.41, 5.74) is 10.0. The van der Waals surface area contributed by atoms with Crippen LogP contribution in [0.4, 0.5) is 0 Å². The highest BCUT2D eigenvalue weighted by molar-refractivity contribution is 9.09. The number of benzene rings is 4. The summed E-state index contributed by atoms with van der Waals surface area (Å²) < 4.78 is 5.10. The number of thiophene rings is 1. The average molecular weight is 563 g/mol. The number of nitrogens with zero attached hydrogens (tertiary/aromatic N) is 1. The summed E-state index contributed by atoms with van der Waals surface area (Å²) in [5.74, 6) is 0. The lowest BCUT2D eigenvalue weighted by atomic mass is 9.99. The lowest BCUT2D eigenvalue weighted by Crippen LogP contribution is -1.96. The van der Waals surface area contributed by atoms with Crippen molar-refractivity contribution in [3.05, 3.63) is 120 Å². The van der Waals surface area contributed by atoms with Crippen LogP contribution in [-0.2, 0) is 0 Å². The van der Waals surface area contributed by atoms with Crippen molar-refractivity contribution in [1.29, 1.82) is 0 Å². The maximum absolute atomic E-state index is 3.92. The van der Waals surface area contributed by atoms with Crippen LogP contribution in [0.2, 0.25) is 0 Å². The minimum atomic E-state index is 0.128. The van der Waals surface area contributed by atoms with Crippen molar-refractivity contribution >= 4 is 64.4 Å². The molecule has 0 radical (unpaired) electrons. The molecule has 0 aliphatic heterocycles. The van der Waals surface area contributed by atoms with Crippen molar-refractivity contribution in [2.75, 3.05) is 0 Å². The molecule has 3 heteroatoms. The molecule has 182 valence electrons. The van der Waals surface area contributed by atoms with E-state index in [0.29, 0.717) is 0 Å². The predicted octanol–water partition coefficient (Wildman–Crippen LogP) is 10.6. The largest absolute Gasteiger partial charge is 0.313 e. The van der Waals surface area contributed by atoms with E-state index in [0.717, 1.165) is 0 Å². The first kappa shape index (κ1) is 24.0. The fourth-order valence-electron chi connectivity index (χ4n) is 5.30. The molecule has 0 spiro atoms. The van der Waals surface area contributed by atoms with Gasteiger partial charge in [0.1, 0.15) is 0 Å². The Morgan fingerprint density at radius 2 is 1.57 bits per heavy atom. The van der Waals surface area contributed by atoms with E-state index in [4.69, 9.17) is 0 Å². The molecule has 6 aromatic rings. The zero-order valence-electron chi connectivity index (χ0n) is 21.3. The van der Waals surface area contributed by atoms with Crippen LogP contribution < -0.4 is 0 Å². The van der Waals surface area contributed by atoms with E-state index in [9.17, 15) is 0 Å². The van der Waals surface area contributed by atoms with Crippen molar-refractivity contribution in [3.63, 3.8) is 0 Å². The molecule has 0 saturated carbocycles. The molecule has 0 bridgehead atoms. The molecule has 0 N–H and O–H groups in total. The maximum atomic E-state index is 3.92. The molecule has 0 saturated heterocycles. The van der Waals surface area contributed by atoms with Gasteiger partial charge >= 0.3 is 0 Å². The molecule has 2 aromatic heterocycles. The van der Waals surface area contributed by atoms with Gasteiger partial charge in [-0.15, -0.1) is 17.9 Å². The number of hydrogen-bond acceptors (Lipinski definition) is 1. The molecule has 6 rings (SSSR count). The van der Waals surface area contributed by atoms with Gasteiger partial charge in [0.2, 0.25) is 0 Å². The fraction of sp³-hybridized carbons (Fsp3) is 0.118. The second kappa shape index (κ2) is 9.48. The topological polar surface area (TPSA) is 4.93 Å². The highest BCUT2D eigenvalue weighted by atomic mass is 79.9. The normalized spacial score (nSPS) is 12.8. The van der Waals surface area contributed by atoms with Gasteiger partial charge in [-0.3, -0.25) is 0 Å². The van der Waals surface area contributed by atoms with Gasteiger partial charge in [-0.25, -0.2) is 0 Å². The smallest absolute Gasteiger partial charge is 0.0538 e. The summed E-state index contributed by atoms with van der Waals surface area (Å²) in [6, 6.07) is 29.1. The number of alkyl halides is 1. The van der Waals surface area contributed by atoms with Crippen LogP contribution in [0.15, 0.2) is 97.6 Å². The minimum Gasteiger partial charge on any atom is -0.313 e. The number of rotatable bonds is 5. The van der Waals surface area contributed by atoms with Gasteiger partial charge in [0.15, 0.2) is 0 Å². The number of aryl methyl sites for hydroxylation is 2. The summed E-state index contributed by atoms with van der Waals surface area (Å²) >= 11 is 5.58. The average Bonchev–Trinajstić information content (AvgIpc) is 3.43. The van der Waals surface area contributed by atoms with E-state index < -0.39 is 0 Å². The number of hydrogen-bond donors (Lipinski definition) is 0. The summed E-state index contributed by atoms with van der Waals surface area (Å²) in [5, 5.41) is 3.94. The summed E-state index contributed by atoms with van der Waals surface area (Å²) in [7, 11) is 0.